The van der Waals surface area contributed by atoms with E-state index in [4.69, 9.17) is 0 Å². The molecule has 1 saturated heterocycles. The zero-order chi connectivity index (χ0) is 15.1. The van der Waals surface area contributed by atoms with E-state index in [1.54, 1.807) is 0 Å². The Morgan fingerprint density at radius 2 is 1.76 bits per heavy atom. The van der Waals surface area contributed by atoms with Crippen molar-refractivity contribution in [3.05, 3.63) is 29.8 Å². The molecule has 1 aromatic carbocycles. The molecule has 1 aromatic rings. The van der Waals surface area contributed by atoms with E-state index < -0.39 is 0 Å². The van der Waals surface area contributed by atoms with Crippen LogP contribution < -0.4 is 10.2 Å². The van der Waals surface area contributed by atoms with Crippen LogP contribution in [0.5, 0.6) is 0 Å². The van der Waals surface area contributed by atoms with E-state index in [2.05, 4.69) is 55.3 Å². The first kappa shape index (κ1) is 16.4. The van der Waals surface area contributed by atoms with Crippen molar-refractivity contribution in [1.82, 2.24) is 5.32 Å². The Morgan fingerprint density at radius 3 is 2.38 bits per heavy atom. The molecule has 0 bridgehead atoms. The topological polar surface area (TPSA) is 15.3 Å². The molecule has 2 heteroatoms. The number of hydrogen-bond acceptors (Lipinski definition) is 2. The van der Waals surface area contributed by atoms with Crippen molar-refractivity contribution in [2.75, 3.05) is 24.5 Å². The van der Waals surface area contributed by atoms with Gasteiger partial charge in [-0.1, -0.05) is 45.7 Å². The summed E-state index contributed by atoms with van der Waals surface area (Å²) in [5, 5.41) is 3.49. The number of nitrogens with one attached hydrogen (secondary N) is 1. The second-order valence-electron chi connectivity index (χ2n) is 6.70. The van der Waals surface area contributed by atoms with Gasteiger partial charge in [0.15, 0.2) is 0 Å². The smallest absolute Gasteiger partial charge is 0.0369 e. The van der Waals surface area contributed by atoms with Gasteiger partial charge in [-0.25, -0.2) is 0 Å². The Hall–Kier alpha value is -1.02. The highest BCUT2D eigenvalue weighted by Crippen LogP contribution is 2.41. The molecule has 1 fully saturated rings. The summed E-state index contributed by atoms with van der Waals surface area (Å²) in [6.45, 7) is 11.4. The van der Waals surface area contributed by atoms with Gasteiger partial charge in [-0.05, 0) is 43.5 Å². The maximum absolute atomic E-state index is 3.49. The molecule has 21 heavy (non-hydrogen) atoms. The molecule has 0 spiro atoms. The molecule has 118 valence electrons. The van der Waals surface area contributed by atoms with Gasteiger partial charge in [0, 0.05) is 30.7 Å². The van der Waals surface area contributed by atoms with Crippen LogP contribution in [0.3, 0.4) is 0 Å². The normalized spacial score (nSPS) is 16.8. The molecule has 0 saturated carbocycles. The maximum Gasteiger partial charge on any atom is 0.0369 e. The summed E-state index contributed by atoms with van der Waals surface area (Å²) in [5.41, 5.74) is 3.41. The van der Waals surface area contributed by atoms with Crippen molar-refractivity contribution in [2.45, 2.75) is 59.4 Å². The van der Waals surface area contributed by atoms with Crippen molar-refractivity contribution >= 4 is 5.69 Å². The summed E-state index contributed by atoms with van der Waals surface area (Å²) in [6, 6.07) is 9.07. The zero-order valence-electron chi connectivity index (χ0n) is 14.1. The standard InChI is InChI=1S/C19H32N2/c1-4-10-19(11-5-2)15-21(16-19)18-9-7-8-17(13-18)14-20-12-6-3/h7-9,13,20H,4-6,10-12,14-16H2,1-3H3. The van der Waals surface area contributed by atoms with Crippen molar-refractivity contribution in [3.63, 3.8) is 0 Å². The SMILES string of the molecule is CCCNCc1cccc(N2CC(CCC)(CCC)C2)c1. The lowest BCUT2D eigenvalue weighted by molar-refractivity contribution is 0.173. The number of benzene rings is 1. The molecule has 1 aliphatic rings. The van der Waals surface area contributed by atoms with Crippen LogP contribution in [-0.2, 0) is 6.54 Å². The monoisotopic (exact) mass is 288 g/mol. The lowest BCUT2D eigenvalue weighted by atomic mass is 9.72. The minimum atomic E-state index is 0.597. The summed E-state index contributed by atoms with van der Waals surface area (Å²) in [4.78, 5) is 2.56. The van der Waals surface area contributed by atoms with Crippen LogP contribution in [-0.4, -0.2) is 19.6 Å². The van der Waals surface area contributed by atoms with E-state index in [0.717, 1.165) is 13.1 Å². The molecule has 1 N–H and O–H groups in total. The van der Waals surface area contributed by atoms with Crippen LogP contribution in [0.25, 0.3) is 0 Å². The van der Waals surface area contributed by atoms with Gasteiger partial charge in [0.25, 0.3) is 0 Å². The predicted octanol–water partition coefficient (Wildman–Crippen LogP) is 4.59. The van der Waals surface area contributed by atoms with Gasteiger partial charge < -0.3 is 10.2 Å². The fraction of sp³-hybridized carbons (Fsp3) is 0.684. The minimum Gasteiger partial charge on any atom is -0.370 e. The lowest BCUT2D eigenvalue weighted by Crippen LogP contribution is -2.56. The summed E-state index contributed by atoms with van der Waals surface area (Å²) < 4.78 is 0. The van der Waals surface area contributed by atoms with Gasteiger partial charge in [-0.15, -0.1) is 0 Å². The van der Waals surface area contributed by atoms with Gasteiger partial charge in [-0.2, -0.15) is 0 Å². The Balaban J connectivity index is 1.93. The van der Waals surface area contributed by atoms with E-state index in [-0.39, 0.29) is 0 Å². The van der Waals surface area contributed by atoms with Crippen molar-refractivity contribution in [1.29, 1.82) is 0 Å². The summed E-state index contributed by atoms with van der Waals surface area (Å²) in [6.07, 6.45) is 6.59. The van der Waals surface area contributed by atoms with E-state index in [1.807, 2.05) is 0 Å². The van der Waals surface area contributed by atoms with Gasteiger partial charge in [-0.3, -0.25) is 0 Å². The van der Waals surface area contributed by atoms with Gasteiger partial charge >= 0.3 is 0 Å². The molecule has 1 heterocycles. The van der Waals surface area contributed by atoms with Crippen LogP contribution in [0.15, 0.2) is 24.3 Å². The second kappa shape index (κ2) is 7.84. The van der Waals surface area contributed by atoms with Gasteiger partial charge in [0.2, 0.25) is 0 Å². The third-order valence-electron chi connectivity index (χ3n) is 4.64. The van der Waals surface area contributed by atoms with E-state index in [0.29, 0.717) is 5.41 Å². The number of anilines is 1. The summed E-state index contributed by atoms with van der Waals surface area (Å²) >= 11 is 0. The predicted molar refractivity (Wildman–Crippen MR) is 92.9 cm³/mol. The molecular formula is C19H32N2. The Morgan fingerprint density at radius 1 is 1.05 bits per heavy atom. The van der Waals surface area contributed by atoms with Gasteiger partial charge in [0.05, 0.1) is 0 Å². The van der Waals surface area contributed by atoms with Crippen LogP contribution in [0.1, 0.15) is 58.4 Å². The first-order valence-corrected chi connectivity index (χ1v) is 8.77. The average molecular weight is 288 g/mol. The second-order valence-corrected chi connectivity index (χ2v) is 6.70. The molecule has 0 radical (unpaired) electrons. The van der Waals surface area contributed by atoms with Crippen LogP contribution in [0.2, 0.25) is 0 Å². The van der Waals surface area contributed by atoms with Crippen LogP contribution >= 0.6 is 0 Å². The maximum atomic E-state index is 3.49. The van der Waals surface area contributed by atoms with E-state index >= 15 is 0 Å². The van der Waals surface area contributed by atoms with Crippen LogP contribution in [0, 0.1) is 5.41 Å². The van der Waals surface area contributed by atoms with E-state index in [1.165, 1.54) is 56.4 Å². The van der Waals surface area contributed by atoms with Gasteiger partial charge in [0.1, 0.15) is 0 Å². The third-order valence-corrected chi connectivity index (χ3v) is 4.64. The molecule has 2 nitrogen and oxygen atoms in total. The summed E-state index contributed by atoms with van der Waals surface area (Å²) in [7, 11) is 0. The van der Waals surface area contributed by atoms with E-state index in [9.17, 15) is 0 Å². The number of hydrogen-bond donors (Lipinski definition) is 1. The Labute approximate surface area is 130 Å². The first-order valence-electron chi connectivity index (χ1n) is 8.77. The lowest BCUT2D eigenvalue weighted by Gasteiger charge is -2.52. The molecule has 2 rings (SSSR count). The number of nitrogens with zero attached hydrogens (tertiary/aromatic N) is 1. The quantitative estimate of drug-likeness (QED) is 0.668. The van der Waals surface area contributed by atoms with Crippen molar-refractivity contribution in [3.8, 4) is 0 Å². The molecule has 0 amide bonds. The minimum absolute atomic E-state index is 0.597. The zero-order valence-corrected chi connectivity index (χ0v) is 14.1. The highest BCUT2D eigenvalue weighted by atomic mass is 15.2. The molecule has 0 aromatic heterocycles. The number of rotatable bonds is 9. The third kappa shape index (κ3) is 4.23. The average Bonchev–Trinajstić information content (AvgIpc) is 2.45. The Bertz CT molecular complexity index is 413. The van der Waals surface area contributed by atoms with Crippen molar-refractivity contribution < 1.29 is 0 Å². The fourth-order valence-electron chi connectivity index (χ4n) is 3.72. The summed E-state index contributed by atoms with van der Waals surface area (Å²) in [5.74, 6) is 0. The largest absolute Gasteiger partial charge is 0.370 e. The molecular weight excluding hydrogens is 256 g/mol. The molecule has 1 aliphatic heterocycles. The fourth-order valence-corrected chi connectivity index (χ4v) is 3.72. The molecule has 0 aliphatic carbocycles. The van der Waals surface area contributed by atoms with Crippen LogP contribution in [0.4, 0.5) is 5.69 Å². The van der Waals surface area contributed by atoms with Crippen molar-refractivity contribution in [2.24, 2.45) is 5.41 Å². The highest BCUT2D eigenvalue weighted by Gasteiger charge is 2.41. The first-order chi connectivity index (χ1) is 10.2. The molecule has 0 atom stereocenters. The molecule has 0 unspecified atom stereocenters. The Kier molecular flexibility index (Phi) is 6.10. The highest BCUT2D eigenvalue weighted by molar-refractivity contribution is 5.51.